The molecule has 0 spiro atoms. The number of benzene rings is 2. The highest BCUT2D eigenvalue weighted by Crippen LogP contribution is 2.29. The molecular formula is C24H28O8. The minimum absolute atomic E-state index is 0.193. The van der Waals surface area contributed by atoms with Gasteiger partial charge in [0.05, 0.1) is 13.2 Å². The highest BCUT2D eigenvalue weighted by atomic mass is 16.7. The molecule has 172 valence electrons. The van der Waals surface area contributed by atoms with Gasteiger partial charge in [0, 0.05) is 13.8 Å². The summed E-state index contributed by atoms with van der Waals surface area (Å²) in [6.07, 6.45) is -5.08. The fourth-order valence-corrected chi connectivity index (χ4v) is 3.46. The molecule has 1 N–H and O–H groups in total. The smallest absolute Gasteiger partial charge is 0.303 e. The number of aliphatic hydroxyl groups excluding tert-OH is 1. The van der Waals surface area contributed by atoms with Crippen LogP contribution in [0.15, 0.2) is 60.7 Å². The summed E-state index contributed by atoms with van der Waals surface area (Å²) < 4.78 is 28.3. The Balaban J connectivity index is 1.82. The van der Waals surface area contributed by atoms with E-state index in [-0.39, 0.29) is 19.8 Å². The third-order valence-corrected chi connectivity index (χ3v) is 4.93. The summed E-state index contributed by atoms with van der Waals surface area (Å²) in [6.45, 7) is 2.71. The molecule has 0 saturated carbocycles. The maximum atomic E-state index is 11.8. The largest absolute Gasteiger partial charge is 0.463 e. The van der Waals surface area contributed by atoms with Gasteiger partial charge in [0.25, 0.3) is 0 Å². The molecule has 0 aliphatic carbocycles. The lowest BCUT2D eigenvalue weighted by molar-refractivity contribution is -0.309. The molecule has 1 saturated heterocycles. The first-order valence-corrected chi connectivity index (χ1v) is 10.4. The molecule has 1 unspecified atom stereocenters. The van der Waals surface area contributed by atoms with Crippen molar-refractivity contribution in [3.63, 3.8) is 0 Å². The molecule has 1 aliphatic heterocycles. The Hall–Kier alpha value is -2.78. The standard InChI is InChI=1S/C24H28O8/c1-16(25)28-15-20-21(31-17(2)26)22(29-13-18-9-5-3-6-10-18)23(24(27)32-20)30-14-19-11-7-4-8-12-19/h3-12,20-24,27H,13-15H2,1-2H3/t20-,21-,22+,23+,24?/m1/s1. The molecule has 1 heterocycles. The number of rotatable bonds is 9. The van der Waals surface area contributed by atoms with E-state index in [0.29, 0.717) is 0 Å². The zero-order valence-corrected chi connectivity index (χ0v) is 18.1. The van der Waals surface area contributed by atoms with E-state index in [1.54, 1.807) is 0 Å². The number of ether oxygens (including phenoxy) is 5. The second-order valence-electron chi connectivity index (χ2n) is 7.46. The number of esters is 2. The van der Waals surface area contributed by atoms with Gasteiger partial charge >= 0.3 is 11.9 Å². The van der Waals surface area contributed by atoms with Crippen molar-refractivity contribution in [1.82, 2.24) is 0 Å². The van der Waals surface area contributed by atoms with Crippen molar-refractivity contribution >= 4 is 11.9 Å². The highest BCUT2D eigenvalue weighted by Gasteiger charge is 2.49. The minimum Gasteiger partial charge on any atom is -0.463 e. The molecule has 0 amide bonds. The van der Waals surface area contributed by atoms with Gasteiger partial charge in [-0.05, 0) is 11.1 Å². The van der Waals surface area contributed by atoms with Crippen molar-refractivity contribution in [3.05, 3.63) is 71.8 Å². The molecule has 1 fully saturated rings. The number of aliphatic hydroxyl groups is 1. The maximum Gasteiger partial charge on any atom is 0.303 e. The Bertz CT molecular complexity index is 857. The lowest BCUT2D eigenvalue weighted by Crippen LogP contribution is -2.61. The predicted molar refractivity (Wildman–Crippen MR) is 113 cm³/mol. The summed E-state index contributed by atoms with van der Waals surface area (Å²) in [6, 6.07) is 18.9. The van der Waals surface area contributed by atoms with E-state index < -0.39 is 42.6 Å². The van der Waals surface area contributed by atoms with E-state index in [0.717, 1.165) is 11.1 Å². The SMILES string of the molecule is CC(=O)OC[C@H]1OC(O)[C@@H](OCc2ccccc2)[C@@H](OCc2ccccc2)[C@@H]1OC(C)=O. The van der Waals surface area contributed by atoms with Crippen molar-refractivity contribution < 1.29 is 38.4 Å². The Morgan fingerprint density at radius 2 is 1.34 bits per heavy atom. The lowest BCUT2D eigenvalue weighted by Gasteiger charge is -2.43. The van der Waals surface area contributed by atoms with E-state index in [2.05, 4.69) is 0 Å². The topological polar surface area (TPSA) is 101 Å². The summed E-state index contributed by atoms with van der Waals surface area (Å²) >= 11 is 0. The van der Waals surface area contributed by atoms with Crippen molar-refractivity contribution in [2.75, 3.05) is 6.61 Å². The van der Waals surface area contributed by atoms with Crippen LogP contribution in [0, 0.1) is 0 Å². The van der Waals surface area contributed by atoms with Crippen LogP contribution in [0.5, 0.6) is 0 Å². The first-order chi connectivity index (χ1) is 15.4. The molecule has 32 heavy (non-hydrogen) atoms. The van der Waals surface area contributed by atoms with E-state index in [1.807, 2.05) is 60.7 Å². The van der Waals surface area contributed by atoms with Crippen LogP contribution in [0.3, 0.4) is 0 Å². The Morgan fingerprint density at radius 3 is 1.84 bits per heavy atom. The van der Waals surface area contributed by atoms with Crippen molar-refractivity contribution in [3.8, 4) is 0 Å². The zero-order chi connectivity index (χ0) is 22.9. The van der Waals surface area contributed by atoms with Gasteiger partial charge in [0.15, 0.2) is 12.4 Å². The first-order valence-electron chi connectivity index (χ1n) is 10.4. The number of hydrogen-bond acceptors (Lipinski definition) is 8. The van der Waals surface area contributed by atoms with Crippen molar-refractivity contribution in [1.29, 1.82) is 0 Å². The van der Waals surface area contributed by atoms with Crippen molar-refractivity contribution in [2.24, 2.45) is 0 Å². The normalized spacial score (nSPS) is 25.2. The van der Waals surface area contributed by atoms with Crippen LogP contribution < -0.4 is 0 Å². The van der Waals surface area contributed by atoms with Gasteiger partial charge in [-0.1, -0.05) is 60.7 Å². The van der Waals surface area contributed by atoms with Crippen LogP contribution in [-0.2, 0) is 46.5 Å². The van der Waals surface area contributed by atoms with E-state index in [9.17, 15) is 14.7 Å². The fraction of sp³-hybridized carbons (Fsp3) is 0.417. The number of carbonyl (C=O) groups is 2. The first kappa shape index (κ1) is 23.9. The molecule has 5 atom stereocenters. The lowest BCUT2D eigenvalue weighted by atomic mass is 9.98. The van der Waals surface area contributed by atoms with Gasteiger partial charge in [-0.3, -0.25) is 9.59 Å². The Labute approximate surface area is 187 Å². The molecule has 1 aliphatic rings. The third kappa shape index (κ3) is 6.86. The van der Waals surface area contributed by atoms with Gasteiger partial charge in [0.2, 0.25) is 0 Å². The van der Waals surface area contributed by atoms with Gasteiger partial charge < -0.3 is 28.8 Å². The second kappa shape index (κ2) is 11.7. The summed E-state index contributed by atoms with van der Waals surface area (Å²) in [5.41, 5.74) is 1.79. The van der Waals surface area contributed by atoms with Crippen LogP contribution in [0.1, 0.15) is 25.0 Å². The summed E-state index contributed by atoms with van der Waals surface area (Å²) in [5, 5.41) is 10.7. The number of carbonyl (C=O) groups excluding carboxylic acids is 2. The average molecular weight is 444 g/mol. The van der Waals surface area contributed by atoms with Gasteiger partial charge in [-0.25, -0.2) is 0 Å². The molecule has 0 radical (unpaired) electrons. The molecule has 8 nitrogen and oxygen atoms in total. The van der Waals surface area contributed by atoms with E-state index in [4.69, 9.17) is 23.7 Å². The van der Waals surface area contributed by atoms with E-state index >= 15 is 0 Å². The van der Waals surface area contributed by atoms with Gasteiger partial charge in [-0.2, -0.15) is 0 Å². The molecule has 0 aromatic heterocycles. The quantitative estimate of drug-likeness (QED) is 0.589. The van der Waals surface area contributed by atoms with Crippen LogP contribution in [0.2, 0.25) is 0 Å². The summed E-state index contributed by atoms with van der Waals surface area (Å²) in [7, 11) is 0. The van der Waals surface area contributed by atoms with Crippen molar-refractivity contribution in [2.45, 2.75) is 57.8 Å². The Kier molecular flexibility index (Phi) is 8.75. The third-order valence-electron chi connectivity index (χ3n) is 4.93. The van der Waals surface area contributed by atoms with Gasteiger partial charge in [-0.15, -0.1) is 0 Å². The average Bonchev–Trinajstić information content (AvgIpc) is 2.78. The molecular weight excluding hydrogens is 416 g/mol. The van der Waals surface area contributed by atoms with E-state index in [1.165, 1.54) is 13.8 Å². The minimum atomic E-state index is -1.38. The monoisotopic (exact) mass is 444 g/mol. The number of hydrogen-bond donors (Lipinski definition) is 1. The fourth-order valence-electron chi connectivity index (χ4n) is 3.46. The molecule has 8 heteroatoms. The molecule has 3 rings (SSSR count). The Morgan fingerprint density at radius 1 is 0.812 bits per heavy atom. The van der Waals surface area contributed by atoms with Crippen LogP contribution >= 0.6 is 0 Å². The molecule has 2 aromatic rings. The molecule has 2 aromatic carbocycles. The molecule has 0 bridgehead atoms. The second-order valence-corrected chi connectivity index (χ2v) is 7.46. The summed E-state index contributed by atoms with van der Waals surface area (Å²) in [4.78, 5) is 23.1. The van der Waals surface area contributed by atoms with Crippen LogP contribution in [0.4, 0.5) is 0 Å². The maximum absolute atomic E-state index is 11.8. The highest BCUT2D eigenvalue weighted by molar-refractivity contribution is 5.66. The van der Waals surface area contributed by atoms with Gasteiger partial charge in [0.1, 0.15) is 24.9 Å². The van der Waals surface area contributed by atoms with Crippen LogP contribution in [0.25, 0.3) is 0 Å². The summed E-state index contributed by atoms with van der Waals surface area (Å²) in [5.74, 6) is -1.08. The predicted octanol–water partition coefficient (Wildman–Crippen LogP) is 2.37. The van der Waals surface area contributed by atoms with Crippen LogP contribution in [-0.4, -0.2) is 54.4 Å². The zero-order valence-electron chi connectivity index (χ0n) is 18.1.